The smallest absolute Gasteiger partial charge is 0.246 e. The molecule has 0 bridgehead atoms. The Morgan fingerprint density at radius 3 is 2.74 bits per heavy atom. The zero-order valence-electron chi connectivity index (χ0n) is 14.9. The largest absolute Gasteiger partial charge is 0.494 e. The quantitative estimate of drug-likeness (QED) is 0.589. The molecule has 2 aromatic carbocycles. The number of aromatic nitrogens is 2. The molecule has 3 aromatic rings. The molecule has 3 rings (SSSR count). The van der Waals surface area contributed by atoms with Gasteiger partial charge in [0.1, 0.15) is 5.75 Å². The van der Waals surface area contributed by atoms with Gasteiger partial charge in [0.05, 0.1) is 18.2 Å². The van der Waals surface area contributed by atoms with Gasteiger partial charge in [-0.2, -0.15) is 4.98 Å². The Balaban J connectivity index is 1.39. The van der Waals surface area contributed by atoms with Crippen molar-refractivity contribution in [2.75, 3.05) is 6.61 Å². The second-order valence-corrected chi connectivity index (χ2v) is 6.44. The SMILES string of the molecule is Cc1ccc(OCCCC(=O)NCc2nc(-c3ccccc3Cl)no2)cc1. The third-order valence-electron chi connectivity index (χ3n) is 3.86. The van der Waals surface area contributed by atoms with E-state index in [1.807, 2.05) is 49.4 Å². The Hall–Kier alpha value is -2.86. The molecular formula is C20H20ClN3O3. The summed E-state index contributed by atoms with van der Waals surface area (Å²) in [6, 6.07) is 15.1. The number of nitrogens with zero attached hydrogens (tertiary/aromatic N) is 2. The van der Waals surface area contributed by atoms with Gasteiger partial charge in [-0.1, -0.05) is 46.6 Å². The van der Waals surface area contributed by atoms with Gasteiger partial charge in [0.15, 0.2) is 0 Å². The molecule has 140 valence electrons. The lowest BCUT2D eigenvalue weighted by atomic mass is 10.2. The maximum Gasteiger partial charge on any atom is 0.246 e. The van der Waals surface area contributed by atoms with Crippen molar-refractivity contribution in [2.24, 2.45) is 0 Å². The van der Waals surface area contributed by atoms with Crippen molar-refractivity contribution < 1.29 is 14.1 Å². The number of rotatable bonds is 8. The number of aryl methyl sites for hydroxylation is 1. The highest BCUT2D eigenvalue weighted by Crippen LogP contribution is 2.24. The molecule has 0 aliphatic rings. The summed E-state index contributed by atoms with van der Waals surface area (Å²) in [5, 5.41) is 7.20. The monoisotopic (exact) mass is 385 g/mol. The first-order valence-corrected chi connectivity index (χ1v) is 9.03. The second-order valence-electron chi connectivity index (χ2n) is 6.03. The summed E-state index contributed by atoms with van der Waals surface area (Å²) in [4.78, 5) is 16.2. The number of carbonyl (C=O) groups excluding carboxylic acids is 1. The van der Waals surface area contributed by atoms with Crippen molar-refractivity contribution in [3.63, 3.8) is 0 Å². The Labute approximate surface area is 162 Å². The lowest BCUT2D eigenvalue weighted by molar-refractivity contribution is -0.121. The third kappa shape index (κ3) is 5.56. The van der Waals surface area contributed by atoms with Crippen molar-refractivity contribution in [1.82, 2.24) is 15.5 Å². The molecule has 0 saturated carbocycles. The average molecular weight is 386 g/mol. The zero-order valence-corrected chi connectivity index (χ0v) is 15.7. The van der Waals surface area contributed by atoms with E-state index in [1.165, 1.54) is 5.56 Å². The topological polar surface area (TPSA) is 77.2 Å². The molecule has 0 aliphatic heterocycles. The van der Waals surface area contributed by atoms with Gasteiger partial charge < -0.3 is 14.6 Å². The molecule has 1 heterocycles. The van der Waals surface area contributed by atoms with E-state index in [9.17, 15) is 4.79 Å². The number of halogens is 1. The number of carbonyl (C=O) groups is 1. The Morgan fingerprint density at radius 1 is 1.19 bits per heavy atom. The third-order valence-corrected chi connectivity index (χ3v) is 4.19. The lowest BCUT2D eigenvalue weighted by Gasteiger charge is -2.06. The number of ether oxygens (including phenoxy) is 1. The number of amides is 1. The molecule has 0 radical (unpaired) electrons. The summed E-state index contributed by atoms with van der Waals surface area (Å²) in [7, 11) is 0. The zero-order chi connectivity index (χ0) is 19.1. The summed E-state index contributed by atoms with van der Waals surface area (Å²) >= 11 is 6.12. The summed E-state index contributed by atoms with van der Waals surface area (Å²) in [6.07, 6.45) is 0.978. The first-order valence-electron chi connectivity index (χ1n) is 8.65. The van der Waals surface area contributed by atoms with Crippen LogP contribution in [0, 0.1) is 6.92 Å². The fourth-order valence-corrected chi connectivity index (χ4v) is 2.62. The molecular weight excluding hydrogens is 366 g/mol. The Kier molecular flexibility index (Phi) is 6.44. The summed E-state index contributed by atoms with van der Waals surface area (Å²) in [6.45, 7) is 2.68. The lowest BCUT2D eigenvalue weighted by Crippen LogP contribution is -2.23. The van der Waals surface area contributed by atoms with Crippen LogP contribution in [0.15, 0.2) is 53.1 Å². The molecule has 0 aliphatic carbocycles. The second kappa shape index (κ2) is 9.19. The predicted molar refractivity (Wildman–Crippen MR) is 102 cm³/mol. The van der Waals surface area contributed by atoms with E-state index in [0.717, 1.165) is 5.75 Å². The normalized spacial score (nSPS) is 10.6. The number of benzene rings is 2. The fourth-order valence-electron chi connectivity index (χ4n) is 2.40. The van der Waals surface area contributed by atoms with Gasteiger partial charge in [-0.15, -0.1) is 0 Å². The highest BCUT2D eigenvalue weighted by Gasteiger charge is 2.12. The van der Waals surface area contributed by atoms with Crippen LogP contribution in [0.25, 0.3) is 11.4 Å². The fraction of sp³-hybridized carbons (Fsp3) is 0.250. The van der Waals surface area contributed by atoms with Crippen molar-refractivity contribution in [3.05, 3.63) is 65.0 Å². The van der Waals surface area contributed by atoms with Crippen molar-refractivity contribution in [3.8, 4) is 17.1 Å². The molecule has 0 fully saturated rings. The van der Waals surface area contributed by atoms with Crippen LogP contribution in [0.1, 0.15) is 24.3 Å². The first kappa shape index (κ1) is 18.9. The molecule has 7 heteroatoms. The van der Waals surface area contributed by atoms with Gasteiger partial charge >= 0.3 is 0 Å². The first-order chi connectivity index (χ1) is 13.1. The van der Waals surface area contributed by atoms with E-state index in [1.54, 1.807) is 6.07 Å². The molecule has 27 heavy (non-hydrogen) atoms. The molecule has 1 N–H and O–H groups in total. The predicted octanol–water partition coefficient (Wildman–Crippen LogP) is 4.17. The maximum absolute atomic E-state index is 11.9. The summed E-state index contributed by atoms with van der Waals surface area (Å²) in [5.74, 6) is 1.43. The van der Waals surface area contributed by atoms with Crippen LogP contribution in [0.2, 0.25) is 5.02 Å². The van der Waals surface area contributed by atoms with Gasteiger partial charge in [-0.25, -0.2) is 0 Å². The maximum atomic E-state index is 11.9. The average Bonchev–Trinajstić information content (AvgIpc) is 3.14. The van der Waals surface area contributed by atoms with Crippen LogP contribution in [0.4, 0.5) is 0 Å². The van der Waals surface area contributed by atoms with E-state index < -0.39 is 0 Å². The van der Waals surface area contributed by atoms with Crippen LogP contribution in [-0.2, 0) is 11.3 Å². The van der Waals surface area contributed by atoms with Crippen LogP contribution in [0.5, 0.6) is 5.75 Å². The van der Waals surface area contributed by atoms with Crippen LogP contribution < -0.4 is 10.1 Å². The molecule has 1 amide bonds. The van der Waals surface area contributed by atoms with E-state index in [0.29, 0.717) is 41.7 Å². The van der Waals surface area contributed by atoms with Gasteiger partial charge in [0.2, 0.25) is 17.6 Å². The minimum atomic E-state index is -0.0972. The molecule has 0 saturated heterocycles. The van der Waals surface area contributed by atoms with Gasteiger partial charge in [-0.05, 0) is 37.6 Å². The Morgan fingerprint density at radius 2 is 1.96 bits per heavy atom. The minimum absolute atomic E-state index is 0.0972. The molecule has 0 spiro atoms. The van der Waals surface area contributed by atoms with Crippen LogP contribution in [-0.4, -0.2) is 22.7 Å². The molecule has 1 aromatic heterocycles. The minimum Gasteiger partial charge on any atom is -0.494 e. The standard InChI is InChI=1S/C20H20ClN3O3/c1-14-8-10-15(11-9-14)26-12-4-7-18(25)22-13-19-23-20(24-27-19)16-5-2-3-6-17(16)21/h2-3,5-6,8-11H,4,7,12-13H2,1H3,(H,22,25). The Bertz CT molecular complexity index is 893. The van der Waals surface area contributed by atoms with Gasteiger partial charge in [-0.3, -0.25) is 4.79 Å². The number of nitrogens with one attached hydrogen (secondary N) is 1. The van der Waals surface area contributed by atoms with Crippen molar-refractivity contribution in [1.29, 1.82) is 0 Å². The van der Waals surface area contributed by atoms with Gasteiger partial charge in [0, 0.05) is 12.0 Å². The number of hydrogen-bond donors (Lipinski definition) is 1. The van der Waals surface area contributed by atoms with Gasteiger partial charge in [0.25, 0.3) is 0 Å². The molecule has 0 atom stereocenters. The van der Waals surface area contributed by atoms with E-state index in [2.05, 4.69) is 15.5 Å². The van der Waals surface area contributed by atoms with E-state index in [-0.39, 0.29) is 12.5 Å². The number of hydrogen-bond acceptors (Lipinski definition) is 5. The van der Waals surface area contributed by atoms with Crippen molar-refractivity contribution >= 4 is 17.5 Å². The highest BCUT2D eigenvalue weighted by molar-refractivity contribution is 6.33. The van der Waals surface area contributed by atoms with Crippen molar-refractivity contribution in [2.45, 2.75) is 26.3 Å². The van der Waals surface area contributed by atoms with Crippen LogP contribution in [0.3, 0.4) is 0 Å². The summed E-state index contributed by atoms with van der Waals surface area (Å²) < 4.78 is 10.8. The van der Waals surface area contributed by atoms with E-state index in [4.69, 9.17) is 20.9 Å². The molecule has 0 unspecified atom stereocenters. The van der Waals surface area contributed by atoms with E-state index >= 15 is 0 Å². The summed E-state index contributed by atoms with van der Waals surface area (Å²) in [5.41, 5.74) is 1.87. The van der Waals surface area contributed by atoms with Crippen LogP contribution >= 0.6 is 11.6 Å². The highest BCUT2D eigenvalue weighted by atomic mass is 35.5. The molecule has 6 nitrogen and oxygen atoms in total.